The van der Waals surface area contributed by atoms with Gasteiger partial charge in [-0.2, -0.15) is 0 Å². The van der Waals surface area contributed by atoms with Crippen molar-refractivity contribution < 1.29 is 23.8 Å². The summed E-state index contributed by atoms with van der Waals surface area (Å²) in [5.74, 6) is -0.0869. The molecule has 126 valence electrons. The topological polar surface area (TPSA) is 85.9 Å². The molecule has 1 aromatic carbocycles. The number of nitrogens with one attached hydrogen (secondary N) is 2. The SMILES string of the molecule is COCCOc1ccc(NC(=S)NC(=O)CCC(=O)OC)cc1. The van der Waals surface area contributed by atoms with Gasteiger partial charge >= 0.3 is 5.97 Å². The third kappa shape index (κ3) is 8.12. The van der Waals surface area contributed by atoms with Crippen LogP contribution in [0.25, 0.3) is 0 Å². The van der Waals surface area contributed by atoms with E-state index < -0.39 is 5.97 Å². The second-order valence-electron chi connectivity index (χ2n) is 4.44. The number of carbonyl (C=O) groups excluding carboxylic acids is 2. The summed E-state index contributed by atoms with van der Waals surface area (Å²) in [4.78, 5) is 22.5. The number of thiocarbonyl (C=S) groups is 1. The average molecular weight is 340 g/mol. The summed E-state index contributed by atoms with van der Waals surface area (Å²) in [5.41, 5.74) is 0.711. The summed E-state index contributed by atoms with van der Waals surface area (Å²) in [5, 5.41) is 5.52. The van der Waals surface area contributed by atoms with Gasteiger partial charge in [-0.1, -0.05) is 0 Å². The zero-order valence-electron chi connectivity index (χ0n) is 13.1. The van der Waals surface area contributed by atoms with E-state index in [0.717, 1.165) is 0 Å². The second-order valence-corrected chi connectivity index (χ2v) is 4.85. The van der Waals surface area contributed by atoms with Crippen LogP contribution in [0.5, 0.6) is 5.75 Å². The molecule has 23 heavy (non-hydrogen) atoms. The Morgan fingerprint density at radius 3 is 2.39 bits per heavy atom. The highest BCUT2D eigenvalue weighted by molar-refractivity contribution is 7.80. The van der Waals surface area contributed by atoms with E-state index in [4.69, 9.17) is 21.7 Å². The monoisotopic (exact) mass is 340 g/mol. The summed E-state index contributed by atoms with van der Waals surface area (Å²) in [6.45, 7) is 0.986. The Bertz CT molecular complexity index is 533. The molecule has 1 rings (SSSR count). The molecule has 0 aromatic heterocycles. The lowest BCUT2D eigenvalue weighted by Crippen LogP contribution is -2.34. The zero-order valence-corrected chi connectivity index (χ0v) is 13.9. The molecule has 0 aliphatic carbocycles. The van der Waals surface area contributed by atoms with E-state index in [9.17, 15) is 9.59 Å². The van der Waals surface area contributed by atoms with Gasteiger partial charge in [-0.05, 0) is 36.5 Å². The number of hydrogen-bond donors (Lipinski definition) is 2. The van der Waals surface area contributed by atoms with Gasteiger partial charge in [0.25, 0.3) is 0 Å². The first-order valence-corrected chi connectivity index (χ1v) is 7.35. The normalized spacial score (nSPS) is 9.83. The standard InChI is InChI=1S/C15H20N2O5S/c1-20-9-10-22-12-5-3-11(4-6-12)16-15(23)17-13(18)7-8-14(19)21-2/h3-6H,7-10H2,1-2H3,(H2,16,17,18,23). The van der Waals surface area contributed by atoms with Crippen LogP contribution in [0.4, 0.5) is 5.69 Å². The minimum absolute atomic E-state index is 0.0124. The minimum Gasteiger partial charge on any atom is -0.491 e. The largest absolute Gasteiger partial charge is 0.491 e. The molecule has 0 radical (unpaired) electrons. The van der Waals surface area contributed by atoms with Gasteiger partial charge in [-0.3, -0.25) is 9.59 Å². The maximum absolute atomic E-state index is 11.6. The maximum atomic E-state index is 11.6. The van der Waals surface area contributed by atoms with Crippen LogP contribution in [0.15, 0.2) is 24.3 Å². The average Bonchev–Trinajstić information content (AvgIpc) is 2.54. The van der Waals surface area contributed by atoms with Crippen molar-refractivity contribution in [3.8, 4) is 5.75 Å². The number of methoxy groups -OCH3 is 2. The van der Waals surface area contributed by atoms with E-state index in [1.54, 1.807) is 31.4 Å². The van der Waals surface area contributed by atoms with Crippen LogP contribution in [0.2, 0.25) is 0 Å². The van der Waals surface area contributed by atoms with Crippen molar-refractivity contribution in [2.45, 2.75) is 12.8 Å². The molecule has 0 saturated heterocycles. The number of amides is 1. The van der Waals surface area contributed by atoms with E-state index in [2.05, 4.69) is 15.4 Å². The van der Waals surface area contributed by atoms with Crippen LogP contribution in [-0.2, 0) is 19.1 Å². The number of anilines is 1. The molecular weight excluding hydrogens is 320 g/mol. The van der Waals surface area contributed by atoms with Crippen LogP contribution in [-0.4, -0.2) is 44.4 Å². The molecule has 1 aromatic rings. The molecule has 8 heteroatoms. The van der Waals surface area contributed by atoms with Crippen LogP contribution in [0.3, 0.4) is 0 Å². The zero-order chi connectivity index (χ0) is 17.1. The van der Waals surface area contributed by atoms with Gasteiger partial charge in [-0.25, -0.2) is 0 Å². The van der Waals surface area contributed by atoms with Crippen molar-refractivity contribution in [3.05, 3.63) is 24.3 Å². The van der Waals surface area contributed by atoms with Crippen molar-refractivity contribution >= 4 is 34.9 Å². The predicted octanol–water partition coefficient (Wildman–Crippen LogP) is 1.48. The number of ether oxygens (including phenoxy) is 3. The van der Waals surface area contributed by atoms with Crippen molar-refractivity contribution in [2.75, 3.05) is 32.8 Å². The summed E-state index contributed by atoms with van der Waals surface area (Å²) >= 11 is 5.03. The Labute approximate surface area is 140 Å². The van der Waals surface area contributed by atoms with Gasteiger partial charge in [0.1, 0.15) is 12.4 Å². The van der Waals surface area contributed by atoms with Crippen LogP contribution < -0.4 is 15.4 Å². The molecule has 0 saturated carbocycles. The number of carbonyl (C=O) groups is 2. The molecule has 0 spiro atoms. The third-order valence-corrected chi connectivity index (χ3v) is 2.91. The van der Waals surface area contributed by atoms with Gasteiger partial charge in [0.15, 0.2) is 5.11 Å². The highest BCUT2D eigenvalue weighted by Crippen LogP contribution is 2.15. The summed E-state index contributed by atoms with van der Waals surface area (Å²) in [6.07, 6.45) is 0.0270. The summed E-state index contributed by atoms with van der Waals surface area (Å²) < 4.78 is 14.8. The van der Waals surface area contributed by atoms with Crippen molar-refractivity contribution in [1.82, 2.24) is 5.32 Å². The Hall–Kier alpha value is -2.19. The molecule has 0 bridgehead atoms. The van der Waals surface area contributed by atoms with Gasteiger partial charge < -0.3 is 24.8 Å². The fourth-order valence-corrected chi connectivity index (χ4v) is 1.78. The predicted molar refractivity (Wildman–Crippen MR) is 89.4 cm³/mol. The van der Waals surface area contributed by atoms with E-state index in [1.165, 1.54) is 7.11 Å². The first-order chi connectivity index (χ1) is 11.0. The molecule has 7 nitrogen and oxygen atoms in total. The smallest absolute Gasteiger partial charge is 0.306 e. The lowest BCUT2D eigenvalue weighted by atomic mass is 10.3. The fourth-order valence-electron chi connectivity index (χ4n) is 1.55. The van der Waals surface area contributed by atoms with Gasteiger partial charge in [-0.15, -0.1) is 0 Å². The molecule has 0 heterocycles. The third-order valence-electron chi connectivity index (χ3n) is 2.71. The number of benzene rings is 1. The summed E-state index contributed by atoms with van der Waals surface area (Å²) in [6, 6.07) is 7.10. The number of hydrogen-bond acceptors (Lipinski definition) is 6. The molecule has 0 unspecified atom stereocenters. The molecule has 0 atom stereocenters. The lowest BCUT2D eigenvalue weighted by molar-refractivity contribution is -0.142. The van der Waals surface area contributed by atoms with Crippen LogP contribution >= 0.6 is 12.2 Å². The van der Waals surface area contributed by atoms with Gasteiger partial charge in [0, 0.05) is 19.2 Å². The molecule has 0 aliphatic heterocycles. The first-order valence-electron chi connectivity index (χ1n) is 6.94. The van der Waals surface area contributed by atoms with Crippen molar-refractivity contribution in [2.24, 2.45) is 0 Å². The van der Waals surface area contributed by atoms with Gasteiger partial charge in [0.2, 0.25) is 5.91 Å². The Balaban J connectivity index is 2.36. The highest BCUT2D eigenvalue weighted by Gasteiger charge is 2.08. The lowest BCUT2D eigenvalue weighted by Gasteiger charge is -2.10. The van der Waals surface area contributed by atoms with Crippen molar-refractivity contribution in [1.29, 1.82) is 0 Å². The van der Waals surface area contributed by atoms with E-state index in [-0.39, 0.29) is 23.9 Å². The highest BCUT2D eigenvalue weighted by atomic mass is 32.1. The molecule has 0 fully saturated rings. The number of esters is 1. The van der Waals surface area contributed by atoms with E-state index in [1.807, 2.05) is 0 Å². The van der Waals surface area contributed by atoms with Crippen LogP contribution in [0.1, 0.15) is 12.8 Å². The van der Waals surface area contributed by atoms with Crippen molar-refractivity contribution in [3.63, 3.8) is 0 Å². The Morgan fingerprint density at radius 1 is 1.09 bits per heavy atom. The fraction of sp³-hybridized carbons (Fsp3) is 0.400. The first kappa shape index (κ1) is 18.9. The summed E-state index contributed by atoms with van der Waals surface area (Å²) in [7, 11) is 2.88. The minimum atomic E-state index is -0.442. The Kier molecular flexibility index (Phi) is 8.63. The number of rotatable bonds is 8. The molecule has 0 aliphatic rings. The quantitative estimate of drug-likeness (QED) is 0.421. The van der Waals surface area contributed by atoms with E-state index >= 15 is 0 Å². The molecule has 2 N–H and O–H groups in total. The second kappa shape index (κ2) is 10.5. The van der Waals surface area contributed by atoms with Gasteiger partial charge in [0.05, 0.1) is 20.1 Å². The van der Waals surface area contributed by atoms with Crippen LogP contribution in [0, 0.1) is 0 Å². The Morgan fingerprint density at radius 2 is 1.78 bits per heavy atom. The molecule has 1 amide bonds. The molecular formula is C15H20N2O5S. The maximum Gasteiger partial charge on any atom is 0.306 e. The van der Waals surface area contributed by atoms with E-state index in [0.29, 0.717) is 24.7 Å².